The van der Waals surface area contributed by atoms with E-state index in [1.165, 1.54) is 17.5 Å². The first-order valence-electron chi connectivity index (χ1n) is 9.04. The summed E-state index contributed by atoms with van der Waals surface area (Å²) in [5.41, 5.74) is 2.95. The van der Waals surface area contributed by atoms with Crippen LogP contribution >= 0.6 is 0 Å². The van der Waals surface area contributed by atoms with Crippen molar-refractivity contribution in [1.82, 2.24) is 0 Å². The summed E-state index contributed by atoms with van der Waals surface area (Å²) < 4.78 is 5.38. The molecule has 3 nitrogen and oxygen atoms in total. The Morgan fingerprint density at radius 1 is 1.30 bits per heavy atom. The normalized spacial score (nSPS) is 41.8. The van der Waals surface area contributed by atoms with Gasteiger partial charge in [-0.25, -0.2) is 0 Å². The monoisotopic (exact) mass is 316 g/mol. The number of rotatable bonds is 2. The molecular weight excluding hydrogens is 288 g/mol. The van der Waals surface area contributed by atoms with Crippen LogP contribution in [0.2, 0.25) is 0 Å². The molecule has 0 radical (unpaired) electrons. The van der Waals surface area contributed by atoms with Gasteiger partial charge >= 0.3 is 0 Å². The number of hydrogen-bond donors (Lipinski definition) is 2. The lowest BCUT2D eigenvalue weighted by Gasteiger charge is -2.50. The highest BCUT2D eigenvalue weighted by Crippen LogP contribution is 2.62. The second-order valence-electron chi connectivity index (χ2n) is 8.15. The van der Waals surface area contributed by atoms with Gasteiger partial charge in [-0.2, -0.15) is 0 Å². The van der Waals surface area contributed by atoms with E-state index in [0.29, 0.717) is 17.8 Å². The van der Waals surface area contributed by atoms with Crippen LogP contribution in [0.15, 0.2) is 18.2 Å². The van der Waals surface area contributed by atoms with Crippen molar-refractivity contribution < 1.29 is 14.9 Å². The molecule has 0 spiro atoms. The first-order valence-corrected chi connectivity index (χ1v) is 9.04. The summed E-state index contributed by atoms with van der Waals surface area (Å²) in [6.07, 6.45) is 5.20. The maximum absolute atomic E-state index is 10.7. The predicted octanol–water partition coefficient (Wildman–Crippen LogP) is 3.13. The molecule has 0 unspecified atom stereocenters. The Morgan fingerprint density at radius 3 is 2.87 bits per heavy atom. The third-order valence-corrected chi connectivity index (χ3v) is 7.28. The first-order chi connectivity index (χ1) is 11.1. The van der Waals surface area contributed by atoms with Crippen LogP contribution < -0.4 is 4.74 Å². The topological polar surface area (TPSA) is 49.7 Å². The Morgan fingerprint density at radius 2 is 2.13 bits per heavy atom. The lowest BCUT2D eigenvalue weighted by atomic mass is 9.55. The highest BCUT2D eigenvalue weighted by Gasteiger charge is 2.57. The van der Waals surface area contributed by atoms with Gasteiger partial charge in [0, 0.05) is 12.5 Å². The lowest BCUT2D eigenvalue weighted by molar-refractivity contribution is -0.0379. The van der Waals surface area contributed by atoms with Gasteiger partial charge in [0.1, 0.15) is 5.75 Å². The Labute approximate surface area is 138 Å². The molecule has 0 heterocycles. The molecular formula is C20H28O3. The summed E-state index contributed by atoms with van der Waals surface area (Å²) in [6.45, 7) is 2.39. The van der Waals surface area contributed by atoms with E-state index in [9.17, 15) is 10.2 Å². The van der Waals surface area contributed by atoms with Crippen LogP contribution in [-0.4, -0.2) is 30.0 Å². The van der Waals surface area contributed by atoms with Crippen LogP contribution in [0.5, 0.6) is 5.75 Å². The number of fused-ring (bicyclic) bond motifs is 5. The number of methoxy groups -OCH3 is 1. The van der Waals surface area contributed by atoms with Crippen molar-refractivity contribution in [3.63, 3.8) is 0 Å². The third-order valence-electron chi connectivity index (χ3n) is 7.28. The number of aliphatic hydroxyl groups is 2. The van der Waals surface area contributed by atoms with Crippen LogP contribution in [0.25, 0.3) is 0 Å². The number of hydrogen-bond acceptors (Lipinski definition) is 3. The average molecular weight is 316 g/mol. The fourth-order valence-electron chi connectivity index (χ4n) is 6.01. The van der Waals surface area contributed by atoms with Gasteiger partial charge in [0.25, 0.3) is 0 Å². The second kappa shape index (κ2) is 5.49. The smallest absolute Gasteiger partial charge is 0.119 e. The molecule has 1 aromatic rings. The molecule has 0 aromatic heterocycles. The van der Waals surface area contributed by atoms with Gasteiger partial charge in [-0.15, -0.1) is 0 Å². The summed E-state index contributed by atoms with van der Waals surface area (Å²) in [7, 11) is 1.73. The van der Waals surface area contributed by atoms with Gasteiger partial charge in [-0.05, 0) is 78.5 Å². The van der Waals surface area contributed by atoms with Gasteiger partial charge in [0.15, 0.2) is 0 Å². The summed E-state index contributed by atoms with van der Waals surface area (Å²) in [5, 5.41) is 20.4. The fraction of sp³-hybridized carbons (Fsp3) is 0.700. The Kier molecular flexibility index (Phi) is 3.69. The van der Waals surface area contributed by atoms with Gasteiger partial charge in [-0.1, -0.05) is 13.0 Å². The summed E-state index contributed by atoms with van der Waals surface area (Å²) in [5.74, 6) is 2.84. The molecule has 3 aliphatic carbocycles. The average Bonchev–Trinajstić information content (AvgIpc) is 2.85. The third kappa shape index (κ3) is 2.16. The van der Waals surface area contributed by atoms with E-state index in [4.69, 9.17) is 4.74 Å². The van der Waals surface area contributed by atoms with Crippen molar-refractivity contribution in [2.45, 2.75) is 51.0 Å². The first kappa shape index (κ1) is 15.5. The fourth-order valence-corrected chi connectivity index (χ4v) is 6.01. The van der Waals surface area contributed by atoms with Crippen LogP contribution in [-0.2, 0) is 6.42 Å². The van der Waals surface area contributed by atoms with Gasteiger partial charge < -0.3 is 14.9 Å². The van der Waals surface area contributed by atoms with Crippen molar-refractivity contribution in [2.75, 3.05) is 13.7 Å². The molecule has 2 saturated carbocycles. The zero-order chi connectivity index (χ0) is 16.2. The highest BCUT2D eigenvalue weighted by molar-refractivity contribution is 5.40. The molecule has 0 bridgehead atoms. The standard InChI is InChI=1S/C20H28O3/c1-20-8-7-16-15-6-4-14(23-2)9-12(15)3-5-17(16)18(20)10-13(11-21)19(20)22/h4,6,9,13,16-19,21-22H,3,5,7-8,10-11H2,1-2H3/t13-,16+,17+,18-,19-,20-/m0/s1. The van der Waals surface area contributed by atoms with E-state index in [0.717, 1.165) is 31.4 Å². The molecule has 2 N–H and O–H groups in total. The molecule has 0 aliphatic heterocycles. The largest absolute Gasteiger partial charge is 0.497 e. The molecule has 0 amide bonds. The molecule has 6 atom stereocenters. The highest BCUT2D eigenvalue weighted by atomic mass is 16.5. The molecule has 3 aliphatic rings. The molecule has 0 saturated heterocycles. The molecule has 1 aromatic carbocycles. The van der Waals surface area contributed by atoms with E-state index in [-0.39, 0.29) is 24.0 Å². The number of aryl methyl sites for hydroxylation is 1. The van der Waals surface area contributed by atoms with E-state index in [1.54, 1.807) is 7.11 Å². The minimum atomic E-state index is -0.337. The van der Waals surface area contributed by atoms with Gasteiger partial charge in [-0.3, -0.25) is 0 Å². The van der Waals surface area contributed by atoms with E-state index in [1.807, 2.05) is 0 Å². The van der Waals surface area contributed by atoms with Crippen LogP contribution in [0.1, 0.15) is 49.7 Å². The van der Waals surface area contributed by atoms with Crippen molar-refractivity contribution in [1.29, 1.82) is 0 Å². The van der Waals surface area contributed by atoms with E-state index >= 15 is 0 Å². The minimum absolute atomic E-state index is 0.00145. The van der Waals surface area contributed by atoms with E-state index < -0.39 is 0 Å². The number of benzene rings is 1. The molecule has 4 rings (SSSR count). The lowest BCUT2D eigenvalue weighted by Crippen LogP contribution is -2.44. The van der Waals surface area contributed by atoms with Crippen LogP contribution in [0, 0.1) is 23.2 Å². The second-order valence-corrected chi connectivity index (χ2v) is 8.15. The quantitative estimate of drug-likeness (QED) is 0.881. The van der Waals surface area contributed by atoms with Crippen molar-refractivity contribution in [3.05, 3.63) is 29.3 Å². The molecule has 3 heteroatoms. The maximum atomic E-state index is 10.7. The van der Waals surface area contributed by atoms with E-state index in [2.05, 4.69) is 25.1 Å². The minimum Gasteiger partial charge on any atom is -0.497 e. The zero-order valence-corrected chi connectivity index (χ0v) is 14.2. The van der Waals surface area contributed by atoms with Crippen molar-refractivity contribution in [3.8, 4) is 5.75 Å². The number of ether oxygens (including phenoxy) is 1. The summed E-state index contributed by atoms with van der Waals surface area (Å²) >= 11 is 0. The summed E-state index contributed by atoms with van der Waals surface area (Å²) in [4.78, 5) is 0. The Bertz CT molecular complexity index is 599. The molecule has 2 fully saturated rings. The summed E-state index contributed by atoms with van der Waals surface area (Å²) in [6, 6.07) is 6.57. The SMILES string of the molecule is COc1ccc2c(c1)CC[C@@H]1[C@@H]2CC[C@]2(C)[C@@H](O)[C@H](CO)C[C@@H]12. The Balaban J connectivity index is 1.67. The molecule has 23 heavy (non-hydrogen) atoms. The molecule has 126 valence electrons. The van der Waals surface area contributed by atoms with Gasteiger partial charge in [0.05, 0.1) is 13.2 Å². The van der Waals surface area contributed by atoms with Gasteiger partial charge in [0.2, 0.25) is 0 Å². The van der Waals surface area contributed by atoms with Crippen LogP contribution in [0.4, 0.5) is 0 Å². The zero-order valence-electron chi connectivity index (χ0n) is 14.2. The maximum Gasteiger partial charge on any atom is 0.119 e. The predicted molar refractivity (Wildman–Crippen MR) is 89.6 cm³/mol. The van der Waals surface area contributed by atoms with Crippen molar-refractivity contribution in [2.24, 2.45) is 23.2 Å². The van der Waals surface area contributed by atoms with Crippen molar-refractivity contribution >= 4 is 0 Å². The van der Waals surface area contributed by atoms with Crippen LogP contribution in [0.3, 0.4) is 0 Å². The number of aliphatic hydroxyl groups excluding tert-OH is 2. The Hall–Kier alpha value is -1.06.